The summed E-state index contributed by atoms with van der Waals surface area (Å²) in [5.74, 6) is -0.418. The third-order valence-electron chi connectivity index (χ3n) is 2.99. The van der Waals surface area contributed by atoms with Crippen LogP contribution in [0.25, 0.3) is 0 Å². The summed E-state index contributed by atoms with van der Waals surface area (Å²) in [5.41, 5.74) is 0.916. The molecule has 0 fully saturated rings. The van der Waals surface area contributed by atoms with E-state index in [1.165, 1.54) is 15.6 Å². The molecule has 0 aliphatic carbocycles. The van der Waals surface area contributed by atoms with Crippen molar-refractivity contribution in [2.45, 2.75) is 18.1 Å². The van der Waals surface area contributed by atoms with Gasteiger partial charge in [-0.3, -0.25) is 4.31 Å². The van der Waals surface area contributed by atoms with Crippen molar-refractivity contribution in [3.05, 3.63) is 47.3 Å². The lowest BCUT2D eigenvalue weighted by Gasteiger charge is -2.22. The third kappa shape index (κ3) is 3.31. The molecule has 118 valence electrons. The number of carbonyl (C=O) groups is 1. The van der Waals surface area contributed by atoms with Crippen LogP contribution in [0.15, 0.2) is 46.0 Å². The van der Waals surface area contributed by atoms with Crippen molar-refractivity contribution < 1.29 is 17.9 Å². The van der Waals surface area contributed by atoms with E-state index < -0.39 is 16.0 Å². The topological polar surface area (TPSA) is 63.7 Å². The summed E-state index contributed by atoms with van der Waals surface area (Å²) >= 11 is 1.18. The van der Waals surface area contributed by atoms with Gasteiger partial charge in [-0.25, -0.2) is 13.2 Å². The smallest absolute Gasteiger partial charge is 0.338 e. The van der Waals surface area contributed by atoms with Crippen molar-refractivity contribution >= 4 is 33.0 Å². The Bertz CT molecular complexity index is 721. The lowest BCUT2D eigenvalue weighted by Crippen LogP contribution is -2.30. The number of sulfonamides is 1. The molecule has 0 aliphatic heterocycles. The van der Waals surface area contributed by atoms with Gasteiger partial charge in [0.25, 0.3) is 10.0 Å². The van der Waals surface area contributed by atoms with Crippen LogP contribution in [0.3, 0.4) is 0 Å². The fourth-order valence-corrected chi connectivity index (χ4v) is 4.57. The van der Waals surface area contributed by atoms with Crippen molar-refractivity contribution in [1.82, 2.24) is 0 Å². The maximum absolute atomic E-state index is 12.6. The predicted octanol–water partition coefficient (Wildman–Crippen LogP) is 3.14. The molecular formula is C15H17NO4S2. The Hall–Kier alpha value is -1.86. The van der Waals surface area contributed by atoms with Crippen molar-refractivity contribution in [1.29, 1.82) is 0 Å². The Morgan fingerprint density at radius 2 is 1.86 bits per heavy atom. The second-order valence-corrected chi connectivity index (χ2v) is 7.41. The highest BCUT2D eigenvalue weighted by Gasteiger charge is 2.24. The second kappa shape index (κ2) is 6.93. The highest BCUT2D eigenvalue weighted by atomic mass is 32.2. The van der Waals surface area contributed by atoms with Crippen molar-refractivity contribution in [3.8, 4) is 0 Å². The van der Waals surface area contributed by atoms with Gasteiger partial charge in [-0.2, -0.15) is 0 Å². The van der Waals surface area contributed by atoms with Gasteiger partial charge in [-0.1, -0.05) is 6.07 Å². The summed E-state index contributed by atoms with van der Waals surface area (Å²) in [6.07, 6.45) is 0. The van der Waals surface area contributed by atoms with Crippen LogP contribution in [-0.2, 0) is 14.8 Å². The zero-order valence-corrected chi connectivity index (χ0v) is 14.0. The number of esters is 1. The third-order valence-corrected chi connectivity index (χ3v) is 6.27. The lowest BCUT2D eigenvalue weighted by molar-refractivity contribution is 0.0526. The van der Waals surface area contributed by atoms with Gasteiger partial charge in [-0.05, 0) is 49.6 Å². The summed E-state index contributed by atoms with van der Waals surface area (Å²) in [6.45, 7) is 4.11. The molecule has 0 aliphatic rings. The Balaban J connectivity index is 2.31. The van der Waals surface area contributed by atoms with Gasteiger partial charge in [0.2, 0.25) is 0 Å². The number of nitrogens with zero attached hydrogens (tertiary/aromatic N) is 1. The maximum Gasteiger partial charge on any atom is 0.338 e. The molecule has 0 atom stereocenters. The highest BCUT2D eigenvalue weighted by Crippen LogP contribution is 2.26. The average Bonchev–Trinajstić information content (AvgIpc) is 3.04. The molecule has 2 rings (SSSR count). The zero-order valence-electron chi connectivity index (χ0n) is 12.4. The van der Waals surface area contributed by atoms with Crippen LogP contribution in [0.1, 0.15) is 24.2 Å². The summed E-state index contributed by atoms with van der Waals surface area (Å²) in [5, 5.41) is 1.73. The fraction of sp³-hybridized carbons (Fsp3) is 0.267. The average molecular weight is 339 g/mol. The van der Waals surface area contributed by atoms with E-state index in [0.717, 1.165) is 0 Å². The number of benzene rings is 1. The second-order valence-electron chi connectivity index (χ2n) is 4.37. The first-order valence-corrected chi connectivity index (χ1v) is 9.16. The van der Waals surface area contributed by atoms with Gasteiger partial charge in [0.1, 0.15) is 4.21 Å². The minimum atomic E-state index is -3.57. The molecule has 0 amide bonds. The summed E-state index contributed by atoms with van der Waals surface area (Å²) in [6, 6.07) is 9.65. The first-order chi connectivity index (χ1) is 10.5. The quantitative estimate of drug-likeness (QED) is 0.759. The Labute approximate surface area is 134 Å². The van der Waals surface area contributed by atoms with Crippen molar-refractivity contribution in [3.63, 3.8) is 0 Å². The molecule has 1 heterocycles. The minimum absolute atomic E-state index is 0.295. The minimum Gasteiger partial charge on any atom is -0.462 e. The highest BCUT2D eigenvalue weighted by molar-refractivity contribution is 7.94. The number of ether oxygens (including phenoxy) is 1. The molecule has 2 aromatic rings. The van der Waals surface area contributed by atoms with Crippen molar-refractivity contribution in [2.24, 2.45) is 0 Å². The molecule has 5 nitrogen and oxygen atoms in total. The van der Waals surface area contributed by atoms with E-state index in [4.69, 9.17) is 4.74 Å². The number of carbonyl (C=O) groups excluding carboxylic acids is 1. The molecule has 1 aromatic carbocycles. The maximum atomic E-state index is 12.6. The van der Waals surface area contributed by atoms with Crippen LogP contribution in [0, 0.1) is 0 Å². The van der Waals surface area contributed by atoms with Crippen LogP contribution in [-0.4, -0.2) is 27.5 Å². The molecule has 7 heteroatoms. The van der Waals surface area contributed by atoms with E-state index in [2.05, 4.69) is 0 Å². The standard InChI is InChI=1S/C15H17NO4S2/c1-3-16(22(18,19)14-6-5-11-21-14)13-9-7-12(8-10-13)15(17)20-4-2/h5-11H,3-4H2,1-2H3. The largest absolute Gasteiger partial charge is 0.462 e. The Morgan fingerprint density at radius 1 is 1.18 bits per heavy atom. The van der Waals surface area contributed by atoms with Gasteiger partial charge in [0, 0.05) is 6.54 Å². The van der Waals surface area contributed by atoms with E-state index in [1.54, 1.807) is 55.6 Å². The normalized spacial score (nSPS) is 11.2. The van der Waals surface area contributed by atoms with Gasteiger partial charge in [0.05, 0.1) is 17.9 Å². The summed E-state index contributed by atoms with van der Waals surface area (Å²) in [7, 11) is -3.57. The number of hydrogen-bond acceptors (Lipinski definition) is 5. The molecule has 0 N–H and O–H groups in total. The SMILES string of the molecule is CCOC(=O)c1ccc(N(CC)S(=O)(=O)c2cccs2)cc1. The first-order valence-electron chi connectivity index (χ1n) is 6.84. The van der Waals surface area contributed by atoms with Crippen LogP contribution < -0.4 is 4.31 Å². The summed E-state index contributed by atoms with van der Waals surface area (Å²) in [4.78, 5) is 11.6. The Morgan fingerprint density at radius 3 is 2.36 bits per heavy atom. The van der Waals surface area contributed by atoms with E-state index in [0.29, 0.717) is 28.6 Å². The van der Waals surface area contributed by atoms with Crippen LogP contribution in [0.2, 0.25) is 0 Å². The van der Waals surface area contributed by atoms with Gasteiger partial charge in [0.15, 0.2) is 0 Å². The van der Waals surface area contributed by atoms with Crippen LogP contribution in [0.5, 0.6) is 0 Å². The number of hydrogen-bond donors (Lipinski definition) is 0. The van der Waals surface area contributed by atoms with Gasteiger partial charge >= 0.3 is 5.97 Å². The molecule has 0 spiro atoms. The number of anilines is 1. The van der Waals surface area contributed by atoms with E-state index in [-0.39, 0.29) is 0 Å². The zero-order chi connectivity index (χ0) is 16.2. The van der Waals surface area contributed by atoms with E-state index in [9.17, 15) is 13.2 Å². The van der Waals surface area contributed by atoms with Gasteiger partial charge in [-0.15, -0.1) is 11.3 Å². The summed E-state index contributed by atoms with van der Waals surface area (Å²) < 4.78 is 31.7. The van der Waals surface area contributed by atoms with Crippen LogP contribution >= 0.6 is 11.3 Å². The predicted molar refractivity (Wildman–Crippen MR) is 86.9 cm³/mol. The Kier molecular flexibility index (Phi) is 5.20. The van der Waals surface area contributed by atoms with E-state index in [1.807, 2.05) is 0 Å². The molecule has 0 radical (unpaired) electrons. The molecule has 0 bridgehead atoms. The molecule has 0 unspecified atom stereocenters. The van der Waals surface area contributed by atoms with E-state index >= 15 is 0 Å². The fourth-order valence-electron chi connectivity index (χ4n) is 1.99. The monoisotopic (exact) mass is 339 g/mol. The number of rotatable bonds is 6. The number of thiophene rings is 1. The van der Waals surface area contributed by atoms with Crippen molar-refractivity contribution in [2.75, 3.05) is 17.5 Å². The van der Waals surface area contributed by atoms with Gasteiger partial charge < -0.3 is 4.74 Å². The molecule has 1 aromatic heterocycles. The molecule has 0 saturated carbocycles. The molecule has 0 saturated heterocycles. The lowest BCUT2D eigenvalue weighted by atomic mass is 10.2. The first kappa shape index (κ1) is 16.5. The van der Waals surface area contributed by atoms with Crippen LogP contribution in [0.4, 0.5) is 5.69 Å². The molecular weight excluding hydrogens is 322 g/mol. The molecule has 22 heavy (non-hydrogen) atoms.